The highest BCUT2D eigenvalue weighted by Crippen LogP contribution is 2.32. The number of amides is 1. The number of pyridine rings is 1. The third kappa shape index (κ3) is 2.47. The van der Waals surface area contributed by atoms with Gasteiger partial charge in [0.05, 0.1) is 17.8 Å². The molecular formula is C15H14FN3O. The zero-order valence-corrected chi connectivity index (χ0v) is 10.8. The van der Waals surface area contributed by atoms with Crippen molar-refractivity contribution in [1.82, 2.24) is 4.98 Å². The number of para-hydroxylation sites is 1. The lowest BCUT2D eigenvalue weighted by molar-refractivity contribution is -0.117. The SMILES string of the molecule is O=C(Nc1ccc(F)nc1)C1CCNc2ccccc21. The van der Waals surface area contributed by atoms with Crippen LogP contribution in [0.4, 0.5) is 15.8 Å². The molecular weight excluding hydrogens is 257 g/mol. The van der Waals surface area contributed by atoms with Crippen molar-refractivity contribution < 1.29 is 9.18 Å². The van der Waals surface area contributed by atoms with Crippen LogP contribution in [0.15, 0.2) is 42.6 Å². The summed E-state index contributed by atoms with van der Waals surface area (Å²) in [6, 6.07) is 10.5. The molecule has 1 atom stereocenters. The highest BCUT2D eigenvalue weighted by atomic mass is 19.1. The Morgan fingerprint density at radius 3 is 2.95 bits per heavy atom. The first-order valence-electron chi connectivity index (χ1n) is 6.49. The van der Waals surface area contributed by atoms with Gasteiger partial charge in [-0.2, -0.15) is 4.39 Å². The van der Waals surface area contributed by atoms with Gasteiger partial charge in [-0.25, -0.2) is 4.98 Å². The average molecular weight is 271 g/mol. The molecule has 2 aromatic rings. The first-order chi connectivity index (χ1) is 9.74. The molecule has 1 unspecified atom stereocenters. The Morgan fingerprint density at radius 2 is 2.15 bits per heavy atom. The minimum atomic E-state index is -0.560. The van der Waals surface area contributed by atoms with Crippen LogP contribution in [0.1, 0.15) is 17.9 Å². The molecule has 3 rings (SSSR count). The number of nitrogens with one attached hydrogen (secondary N) is 2. The molecule has 1 aliphatic heterocycles. The van der Waals surface area contributed by atoms with E-state index in [1.807, 2.05) is 24.3 Å². The van der Waals surface area contributed by atoms with Gasteiger partial charge in [-0.15, -0.1) is 0 Å². The molecule has 5 heteroatoms. The van der Waals surface area contributed by atoms with Crippen LogP contribution >= 0.6 is 0 Å². The Kier molecular flexibility index (Phi) is 3.33. The van der Waals surface area contributed by atoms with Crippen LogP contribution < -0.4 is 10.6 Å². The van der Waals surface area contributed by atoms with Gasteiger partial charge in [-0.1, -0.05) is 18.2 Å². The van der Waals surface area contributed by atoms with Crippen molar-refractivity contribution in [2.45, 2.75) is 12.3 Å². The van der Waals surface area contributed by atoms with E-state index in [0.717, 1.165) is 24.2 Å². The number of halogens is 1. The Morgan fingerprint density at radius 1 is 1.30 bits per heavy atom. The van der Waals surface area contributed by atoms with E-state index in [0.29, 0.717) is 5.69 Å². The summed E-state index contributed by atoms with van der Waals surface area (Å²) in [6.45, 7) is 0.761. The standard InChI is InChI=1S/C15H14FN3O/c16-14-6-5-10(9-18-14)19-15(20)12-7-8-17-13-4-2-1-3-11(12)13/h1-6,9,12,17H,7-8H2,(H,19,20). The fraction of sp³-hybridized carbons (Fsp3) is 0.200. The number of fused-ring (bicyclic) bond motifs is 1. The molecule has 1 amide bonds. The van der Waals surface area contributed by atoms with Crippen LogP contribution in [-0.4, -0.2) is 17.4 Å². The van der Waals surface area contributed by atoms with E-state index in [9.17, 15) is 9.18 Å². The lowest BCUT2D eigenvalue weighted by Crippen LogP contribution is -2.27. The molecule has 1 aromatic carbocycles. The smallest absolute Gasteiger partial charge is 0.232 e. The maximum atomic E-state index is 12.7. The van der Waals surface area contributed by atoms with Crippen LogP contribution in [0, 0.1) is 5.95 Å². The van der Waals surface area contributed by atoms with Crippen molar-refractivity contribution in [3.05, 3.63) is 54.1 Å². The zero-order chi connectivity index (χ0) is 13.9. The van der Waals surface area contributed by atoms with Crippen molar-refractivity contribution in [2.75, 3.05) is 17.2 Å². The molecule has 0 fully saturated rings. The van der Waals surface area contributed by atoms with Crippen molar-refractivity contribution in [3.8, 4) is 0 Å². The average Bonchev–Trinajstić information content (AvgIpc) is 2.49. The largest absolute Gasteiger partial charge is 0.385 e. The molecule has 0 radical (unpaired) electrons. The number of hydrogen-bond acceptors (Lipinski definition) is 3. The van der Waals surface area contributed by atoms with E-state index in [2.05, 4.69) is 15.6 Å². The van der Waals surface area contributed by atoms with Crippen LogP contribution in [0.3, 0.4) is 0 Å². The number of aromatic nitrogens is 1. The van der Waals surface area contributed by atoms with Crippen molar-refractivity contribution in [2.24, 2.45) is 0 Å². The van der Waals surface area contributed by atoms with E-state index in [1.165, 1.54) is 18.3 Å². The maximum Gasteiger partial charge on any atom is 0.232 e. The molecule has 2 heterocycles. The normalized spacial score (nSPS) is 16.9. The Labute approximate surface area is 116 Å². The Balaban J connectivity index is 1.80. The fourth-order valence-corrected chi connectivity index (χ4v) is 2.42. The molecule has 0 saturated carbocycles. The zero-order valence-electron chi connectivity index (χ0n) is 10.8. The predicted octanol–water partition coefficient (Wildman–Crippen LogP) is 2.76. The number of anilines is 2. The van der Waals surface area contributed by atoms with Gasteiger partial charge in [0.15, 0.2) is 0 Å². The topological polar surface area (TPSA) is 54.0 Å². The van der Waals surface area contributed by atoms with Crippen LogP contribution in [-0.2, 0) is 4.79 Å². The molecule has 1 aromatic heterocycles. The molecule has 1 aliphatic rings. The summed E-state index contributed by atoms with van der Waals surface area (Å²) in [4.78, 5) is 15.9. The molecule has 0 saturated heterocycles. The molecule has 2 N–H and O–H groups in total. The van der Waals surface area contributed by atoms with Gasteiger partial charge in [0.2, 0.25) is 11.9 Å². The second-order valence-electron chi connectivity index (χ2n) is 4.71. The third-order valence-electron chi connectivity index (χ3n) is 3.40. The Bertz CT molecular complexity index is 627. The fourth-order valence-electron chi connectivity index (χ4n) is 2.42. The summed E-state index contributed by atoms with van der Waals surface area (Å²) in [5.74, 6) is -0.847. The first-order valence-corrected chi connectivity index (χ1v) is 6.49. The van der Waals surface area contributed by atoms with Gasteiger partial charge >= 0.3 is 0 Å². The summed E-state index contributed by atoms with van der Waals surface area (Å²) in [5.41, 5.74) is 2.50. The highest BCUT2D eigenvalue weighted by Gasteiger charge is 2.26. The highest BCUT2D eigenvalue weighted by molar-refractivity contribution is 5.97. The van der Waals surface area contributed by atoms with Crippen molar-refractivity contribution in [3.63, 3.8) is 0 Å². The number of hydrogen-bond donors (Lipinski definition) is 2. The van der Waals surface area contributed by atoms with Crippen LogP contribution in [0.5, 0.6) is 0 Å². The lowest BCUT2D eigenvalue weighted by Gasteiger charge is -2.25. The van der Waals surface area contributed by atoms with Crippen LogP contribution in [0.25, 0.3) is 0 Å². The Hall–Kier alpha value is -2.43. The first kappa shape index (κ1) is 12.6. The number of carbonyl (C=O) groups is 1. The predicted molar refractivity (Wildman–Crippen MR) is 75.1 cm³/mol. The van der Waals surface area contributed by atoms with Gasteiger partial charge in [0.25, 0.3) is 0 Å². The van der Waals surface area contributed by atoms with Crippen LogP contribution in [0.2, 0.25) is 0 Å². The number of carbonyl (C=O) groups excluding carboxylic acids is 1. The minimum Gasteiger partial charge on any atom is -0.385 e. The molecule has 0 spiro atoms. The van der Waals surface area contributed by atoms with Crippen molar-refractivity contribution >= 4 is 17.3 Å². The van der Waals surface area contributed by atoms with Crippen molar-refractivity contribution in [1.29, 1.82) is 0 Å². The van der Waals surface area contributed by atoms with E-state index >= 15 is 0 Å². The minimum absolute atomic E-state index is 0.0904. The summed E-state index contributed by atoms with van der Waals surface area (Å²) in [5, 5.41) is 6.06. The third-order valence-corrected chi connectivity index (χ3v) is 3.40. The monoisotopic (exact) mass is 271 g/mol. The summed E-state index contributed by atoms with van der Waals surface area (Å²) < 4.78 is 12.7. The second kappa shape index (κ2) is 5.28. The van der Waals surface area contributed by atoms with Gasteiger partial charge < -0.3 is 10.6 Å². The molecule has 20 heavy (non-hydrogen) atoms. The molecule has 0 bridgehead atoms. The second-order valence-corrected chi connectivity index (χ2v) is 4.71. The number of nitrogens with zero attached hydrogens (tertiary/aromatic N) is 1. The van der Waals surface area contributed by atoms with Gasteiger partial charge in [0.1, 0.15) is 0 Å². The molecule has 4 nitrogen and oxygen atoms in total. The maximum absolute atomic E-state index is 12.7. The summed E-state index contributed by atoms with van der Waals surface area (Å²) in [7, 11) is 0. The summed E-state index contributed by atoms with van der Waals surface area (Å²) >= 11 is 0. The van der Waals surface area contributed by atoms with E-state index in [4.69, 9.17) is 0 Å². The van der Waals surface area contributed by atoms with E-state index in [-0.39, 0.29) is 11.8 Å². The quantitative estimate of drug-likeness (QED) is 0.826. The van der Waals surface area contributed by atoms with Gasteiger partial charge in [-0.05, 0) is 30.2 Å². The van der Waals surface area contributed by atoms with E-state index < -0.39 is 5.95 Å². The number of benzene rings is 1. The van der Waals surface area contributed by atoms with Gasteiger partial charge in [0, 0.05) is 12.2 Å². The lowest BCUT2D eigenvalue weighted by atomic mass is 9.90. The number of rotatable bonds is 2. The summed E-state index contributed by atoms with van der Waals surface area (Å²) in [6.07, 6.45) is 2.05. The van der Waals surface area contributed by atoms with E-state index in [1.54, 1.807) is 0 Å². The molecule has 0 aliphatic carbocycles. The van der Waals surface area contributed by atoms with Gasteiger partial charge in [-0.3, -0.25) is 4.79 Å². The molecule has 102 valence electrons.